The van der Waals surface area contributed by atoms with Crippen LogP contribution in [0.15, 0.2) is 18.5 Å². The minimum atomic E-state index is 0.486. The number of aromatic nitrogens is 1. The van der Waals surface area contributed by atoms with Crippen molar-refractivity contribution in [1.29, 1.82) is 0 Å². The van der Waals surface area contributed by atoms with Crippen molar-refractivity contribution in [2.75, 3.05) is 19.8 Å². The molecular weight excluding hydrogens is 188 g/mol. The molecule has 15 heavy (non-hydrogen) atoms. The van der Waals surface area contributed by atoms with Crippen LogP contribution in [0.2, 0.25) is 0 Å². The van der Waals surface area contributed by atoms with Crippen LogP contribution in [0, 0.1) is 5.41 Å². The zero-order valence-corrected chi connectivity index (χ0v) is 9.20. The summed E-state index contributed by atoms with van der Waals surface area (Å²) in [6.07, 6.45) is 6.77. The lowest BCUT2D eigenvalue weighted by Crippen LogP contribution is -2.58. The van der Waals surface area contributed by atoms with Gasteiger partial charge in [-0.1, -0.05) is 0 Å². The monoisotopic (exact) mass is 206 g/mol. The average molecular weight is 206 g/mol. The van der Waals surface area contributed by atoms with E-state index in [4.69, 9.17) is 4.74 Å². The maximum atomic E-state index is 5.46. The summed E-state index contributed by atoms with van der Waals surface area (Å²) in [4.78, 5) is 0. The minimum Gasteiger partial charge on any atom is -0.381 e. The van der Waals surface area contributed by atoms with E-state index in [0.717, 1.165) is 19.8 Å². The molecule has 0 saturated carbocycles. The van der Waals surface area contributed by atoms with Crippen LogP contribution in [0.5, 0.6) is 0 Å². The van der Waals surface area contributed by atoms with E-state index in [0.29, 0.717) is 11.5 Å². The number of aryl methyl sites for hydroxylation is 1. The Balaban J connectivity index is 1.82. The number of rotatable bonds is 1. The summed E-state index contributed by atoms with van der Waals surface area (Å²) in [7, 11) is 2.08. The Labute approximate surface area is 90.4 Å². The van der Waals surface area contributed by atoms with E-state index in [-0.39, 0.29) is 0 Å². The van der Waals surface area contributed by atoms with Crippen molar-refractivity contribution in [3.63, 3.8) is 0 Å². The van der Waals surface area contributed by atoms with Crippen molar-refractivity contribution in [2.45, 2.75) is 18.9 Å². The summed E-state index contributed by atoms with van der Waals surface area (Å²) >= 11 is 0. The number of ether oxygens (including phenoxy) is 1. The molecule has 3 nitrogen and oxygen atoms in total. The highest BCUT2D eigenvalue weighted by Crippen LogP contribution is 2.48. The predicted octanol–water partition coefficient (Wildman–Crippen LogP) is 1.47. The van der Waals surface area contributed by atoms with Gasteiger partial charge >= 0.3 is 0 Å². The lowest BCUT2D eigenvalue weighted by Gasteiger charge is -2.52. The predicted molar refractivity (Wildman–Crippen MR) is 58.6 cm³/mol. The van der Waals surface area contributed by atoms with E-state index in [1.807, 2.05) is 0 Å². The molecule has 3 rings (SSSR count). The minimum absolute atomic E-state index is 0.486. The van der Waals surface area contributed by atoms with E-state index in [1.54, 1.807) is 0 Å². The van der Waals surface area contributed by atoms with Gasteiger partial charge in [-0.25, -0.2) is 0 Å². The molecule has 1 atom stereocenters. The van der Waals surface area contributed by atoms with Crippen molar-refractivity contribution < 1.29 is 4.74 Å². The molecule has 82 valence electrons. The van der Waals surface area contributed by atoms with Crippen molar-refractivity contribution in [1.82, 2.24) is 9.88 Å². The summed E-state index contributed by atoms with van der Waals surface area (Å²) in [5.74, 6) is 0. The number of hydrogen-bond acceptors (Lipinski definition) is 2. The topological polar surface area (TPSA) is 26.2 Å². The highest BCUT2D eigenvalue weighted by atomic mass is 16.5. The van der Waals surface area contributed by atoms with Crippen LogP contribution in [0.25, 0.3) is 0 Å². The molecule has 0 aliphatic carbocycles. The van der Waals surface area contributed by atoms with Crippen molar-refractivity contribution in [3.05, 3.63) is 24.0 Å². The molecule has 1 N–H and O–H groups in total. The molecular formula is C12H18N2O. The van der Waals surface area contributed by atoms with Gasteiger partial charge < -0.3 is 14.6 Å². The smallest absolute Gasteiger partial charge is 0.0472 e. The molecule has 0 radical (unpaired) electrons. The summed E-state index contributed by atoms with van der Waals surface area (Å²) in [6.45, 7) is 3.03. The Morgan fingerprint density at radius 1 is 1.47 bits per heavy atom. The Hall–Kier alpha value is -0.800. The van der Waals surface area contributed by atoms with Crippen molar-refractivity contribution >= 4 is 0 Å². The van der Waals surface area contributed by atoms with Crippen molar-refractivity contribution in [3.8, 4) is 0 Å². The van der Waals surface area contributed by atoms with Gasteiger partial charge in [0.05, 0.1) is 0 Å². The first kappa shape index (κ1) is 9.43. The van der Waals surface area contributed by atoms with Crippen LogP contribution < -0.4 is 5.32 Å². The molecule has 2 fully saturated rings. The molecule has 0 amide bonds. The van der Waals surface area contributed by atoms with Gasteiger partial charge in [0.25, 0.3) is 0 Å². The standard InChI is InChI=1S/C12H18N2O/c1-14-5-2-10(8-14)11-12(9-13-11)3-6-15-7-4-12/h2,5,8,11,13H,3-4,6-7,9H2,1H3/t11-/m0/s1. The fourth-order valence-corrected chi connectivity index (χ4v) is 2.90. The zero-order chi connectivity index (χ0) is 10.3. The van der Waals surface area contributed by atoms with Crippen LogP contribution >= 0.6 is 0 Å². The highest BCUT2D eigenvalue weighted by molar-refractivity contribution is 5.23. The summed E-state index contributed by atoms with van der Waals surface area (Å²) in [5, 5.41) is 3.57. The summed E-state index contributed by atoms with van der Waals surface area (Å²) in [5.41, 5.74) is 1.92. The third-order valence-corrected chi connectivity index (χ3v) is 3.95. The highest BCUT2D eigenvalue weighted by Gasteiger charge is 2.47. The van der Waals surface area contributed by atoms with Gasteiger partial charge in [0, 0.05) is 50.7 Å². The van der Waals surface area contributed by atoms with Crippen LogP contribution in [-0.2, 0) is 11.8 Å². The number of nitrogens with zero attached hydrogens (tertiary/aromatic N) is 1. The van der Waals surface area contributed by atoms with Crippen LogP contribution in [0.3, 0.4) is 0 Å². The Morgan fingerprint density at radius 2 is 2.27 bits per heavy atom. The Morgan fingerprint density at radius 3 is 2.80 bits per heavy atom. The SMILES string of the molecule is Cn1ccc([C@@H]2NCC23CCOCC3)c1. The molecule has 3 heterocycles. The van der Waals surface area contributed by atoms with Gasteiger partial charge in [0.2, 0.25) is 0 Å². The number of hydrogen-bond donors (Lipinski definition) is 1. The van der Waals surface area contributed by atoms with E-state index in [2.05, 4.69) is 35.4 Å². The van der Waals surface area contributed by atoms with Gasteiger partial charge in [0.1, 0.15) is 0 Å². The first-order chi connectivity index (χ1) is 7.30. The van der Waals surface area contributed by atoms with Crippen LogP contribution in [0.4, 0.5) is 0 Å². The summed E-state index contributed by atoms with van der Waals surface area (Å²) < 4.78 is 7.58. The first-order valence-electron chi connectivity index (χ1n) is 5.73. The normalized spacial score (nSPS) is 29.0. The molecule has 1 aromatic heterocycles. The molecule has 2 saturated heterocycles. The Bertz CT molecular complexity index is 352. The van der Waals surface area contributed by atoms with Crippen molar-refractivity contribution in [2.24, 2.45) is 12.5 Å². The second-order valence-electron chi connectivity index (χ2n) is 4.90. The maximum Gasteiger partial charge on any atom is 0.0472 e. The summed E-state index contributed by atoms with van der Waals surface area (Å²) in [6, 6.07) is 2.79. The first-order valence-corrected chi connectivity index (χ1v) is 5.73. The van der Waals surface area contributed by atoms with E-state index < -0.39 is 0 Å². The third kappa shape index (κ3) is 1.42. The quantitative estimate of drug-likeness (QED) is 0.753. The van der Waals surface area contributed by atoms with Gasteiger partial charge in [-0.2, -0.15) is 0 Å². The Kier molecular flexibility index (Phi) is 2.11. The lowest BCUT2D eigenvalue weighted by atomic mass is 9.66. The second-order valence-corrected chi connectivity index (χ2v) is 4.90. The van der Waals surface area contributed by atoms with Gasteiger partial charge in [-0.3, -0.25) is 0 Å². The molecule has 3 heteroatoms. The fraction of sp³-hybridized carbons (Fsp3) is 0.667. The van der Waals surface area contributed by atoms with E-state index >= 15 is 0 Å². The van der Waals surface area contributed by atoms with Crippen LogP contribution in [0.1, 0.15) is 24.4 Å². The molecule has 0 bridgehead atoms. The third-order valence-electron chi connectivity index (χ3n) is 3.95. The van der Waals surface area contributed by atoms with Gasteiger partial charge in [-0.05, 0) is 24.5 Å². The number of nitrogens with one attached hydrogen (secondary N) is 1. The molecule has 0 unspecified atom stereocenters. The molecule has 2 aliphatic heterocycles. The molecule has 0 aromatic carbocycles. The van der Waals surface area contributed by atoms with Crippen LogP contribution in [-0.4, -0.2) is 24.3 Å². The largest absolute Gasteiger partial charge is 0.381 e. The molecule has 1 aromatic rings. The van der Waals surface area contributed by atoms with E-state index in [9.17, 15) is 0 Å². The maximum absolute atomic E-state index is 5.46. The van der Waals surface area contributed by atoms with E-state index in [1.165, 1.54) is 18.4 Å². The molecule has 2 aliphatic rings. The lowest BCUT2D eigenvalue weighted by molar-refractivity contribution is -0.0479. The zero-order valence-electron chi connectivity index (χ0n) is 9.20. The van der Waals surface area contributed by atoms with Gasteiger partial charge in [-0.15, -0.1) is 0 Å². The fourth-order valence-electron chi connectivity index (χ4n) is 2.90. The van der Waals surface area contributed by atoms with Gasteiger partial charge in [0.15, 0.2) is 0 Å². The second kappa shape index (κ2) is 3.35. The average Bonchev–Trinajstić information content (AvgIpc) is 2.64. The molecule has 1 spiro atoms.